The van der Waals surface area contributed by atoms with Gasteiger partial charge in [0.25, 0.3) is 0 Å². The zero-order valence-corrected chi connectivity index (χ0v) is 18.5. The smallest absolute Gasteiger partial charge is 0.394 e. The van der Waals surface area contributed by atoms with E-state index in [-0.39, 0.29) is 12.8 Å². The van der Waals surface area contributed by atoms with Crippen molar-refractivity contribution in [3.8, 4) is 11.1 Å². The van der Waals surface area contributed by atoms with Crippen LogP contribution in [0.4, 0.5) is 0 Å². The first-order chi connectivity index (χ1) is 14.6. The lowest BCUT2D eigenvalue weighted by molar-refractivity contribution is -0.158. The molecule has 9 heteroatoms. The van der Waals surface area contributed by atoms with Crippen LogP contribution in [0.25, 0.3) is 11.1 Å². The number of ether oxygens (including phenoxy) is 1. The number of carbonyl (C=O) groups excluding carboxylic acids is 2. The second-order valence-corrected chi connectivity index (χ2v) is 8.08. The Morgan fingerprint density at radius 1 is 1.06 bits per heavy atom. The quantitative estimate of drug-likeness (QED) is 0.404. The van der Waals surface area contributed by atoms with Gasteiger partial charge in [-0.05, 0) is 49.6 Å². The van der Waals surface area contributed by atoms with Crippen molar-refractivity contribution in [2.24, 2.45) is 0 Å². The zero-order chi connectivity index (χ0) is 23.1. The van der Waals surface area contributed by atoms with E-state index in [1.165, 1.54) is 0 Å². The molecule has 2 atom stereocenters. The van der Waals surface area contributed by atoms with Gasteiger partial charge in [0, 0.05) is 28.1 Å². The van der Waals surface area contributed by atoms with E-state index in [1.807, 2.05) is 12.1 Å². The van der Waals surface area contributed by atoms with Gasteiger partial charge < -0.3 is 20.3 Å². The normalized spacial score (nSPS) is 12.8. The van der Waals surface area contributed by atoms with E-state index in [9.17, 15) is 19.5 Å². The van der Waals surface area contributed by atoms with Crippen LogP contribution in [0.1, 0.15) is 25.8 Å². The number of carboxylic acids is 1. The topological polar surface area (TPSA) is 113 Å². The number of carbonyl (C=O) groups is 3. The average Bonchev–Trinajstić information content (AvgIpc) is 2.69. The largest absolute Gasteiger partial charge is 0.474 e. The predicted molar refractivity (Wildman–Crippen MR) is 117 cm³/mol. The molecule has 0 aromatic heterocycles. The summed E-state index contributed by atoms with van der Waals surface area (Å²) in [6, 6.07) is 11.5. The Bertz CT molecular complexity index is 946. The molecule has 0 bridgehead atoms. The van der Waals surface area contributed by atoms with Crippen LogP contribution in [0.3, 0.4) is 0 Å². The predicted octanol–water partition coefficient (Wildman–Crippen LogP) is 3.47. The highest BCUT2D eigenvalue weighted by Crippen LogP contribution is 2.30. The minimum atomic E-state index is -1.66. The second-order valence-electron chi connectivity index (χ2n) is 7.24. The van der Waals surface area contributed by atoms with Crippen molar-refractivity contribution < 1.29 is 29.3 Å². The summed E-state index contributed by atoms with van der Waals surface area (Å²) >= 11 is 12.3. The van der Waals surface area contributed by atoms with Crippen LogP contribution in [0.5, 0.6) is 0 Å². The number of carboxylic acid groups (broad SMARTS) is 1. The molecule has 0 aliphatic rings. The molecular weight excluding hydrogens is 445 g/mol. The number of amides is 1. The van der Waals surface area contributed by atoms with Gasteiger partial charge in [-0.1, -0.05) is 47.5 Å². The molecule has 2 rings (SSSR count). The Hall–Kier alpha value is -2.61. The maximum absolute atomic E-state index is 11.9. The molecule has 7 nitrogen and oxygen atoms in total. The fourth-order valence-corrected chi connectivity index (χ4v) is 3.34. The first-order valence-corrected chi connectivity index (χ1v) is 10.3. The third-order valence-corrected chi connectivity index (χ3v) is 4.90. The third kappa shape index (κ3) is 7.54. The molecule has 31 heavy (non-hydrogen) atoms. The Morgan fingerprint density at radius 2 is 1.71 bits per heavy atom. The van der Waals surface area contributed by atoms with E-state index in [0.29, 0.717) is 10.0 Å². The van der Waals surface area contributed by atoms with Crippen LogP contribution in [0, 0.1) is 0 Å². The van der Waals surface area contributed by atoms with E-state index in [2.05, 4.69) is 5.32 Å². The first kappa shape index (κ1) is 24.7. The number of hydrogen-bond acceptors (Lipinski definition) is 5. The van der Waals surface area contributed by atoms with Gasteiger partial charge in [0.2, 0.25) is 0 Å². The van der Waals surface area contributed by atoms with Crippen LogP contribution in [-0.4, -0.2) is 46.3 Å². The van der Waals surface area contributed by atoms with Crippen LogP contribution in [-0.2, 0) is 25.5 Å². The Morgan fingerprint density at radius 3 is 2.29 bits per heavy atom. The van der Waals surface area contributed by atoms with E-state index in [1.54, 1.807) is 44.2 Å². The second kappa shape index (κ2) is 11.1. The Balaban J connectivity index is 2.17. The van der Waals surface area contributed by atoms with Crippen molar-refractivity contribution in [3.63, 3.8) is 0 Å². The molecule has 0 heterocycles. The molecule has 0 spiro atoms. The minimum Gasteiger partial charge on any atom is -0.474 e. The number of hydrogen-bond donors (Lipinski definition) is 3. The summed E-state index contributed by atoms with van der Waals surface area (Å²) < 4.78 is 4.96. The summed E-state index contributed by atoms with van der Waals surface area (Å²) in [6.07, 6.45) is -1.94. The Kier molecular flexibility index (Phi) is 8.86. The standard InChI is InChI=1S/C22H23Cl2NO6/c1-12(2)31-22(30)19(26)11-16(25-20(27)21(28)29)9-13-3-5-14(6-4-13)17-10-15(23)7-8-18(17)24/h3-8,10,12,16,19,26H,9,11H2,1-2H3,(H,25,27)(H,28,29)/t16-,19?/m1/s1. The van der Waals surface area contributed by atoms with Gasteiger partial charge in [-0.3, -0.25) is 4.79 Å². The number of benzene rings is 2. The van der Waals surface area contributed by atoms with Gasteiger partial charge in [0.15, 0.2) is 6.10 Å². The van der Waals surface area contributed by atoms with Crippen LogP contribution < -0.4 is 5.32 Å². The average molecular weight is 468 g/mol. The molecule has 1 amide bonds. The minimum absolute atomic E-state index is 0.189. The molecule has 0 radical (unpaired) electrons. The van der Waals surface area contributed by atoms with Crippen LogP contribution in [0.15, 0.2) is 42.5 Å². The molecule has 0 saturated carbocycles. The number of halogens is 2. The van der Waals surface area contributed by atoms with Gasteiger partial charge in [-0.25, -0.2) is 9.59 Å². The zero-order valence-electron chi connectivity index (χ0n) is 17.0. The molecule has 166 valence electrons. The number of aliphatic hydroxyl groups excluding tert-OH is 1. The van der Waals surface area contributed by atoms with Crippen LogP contribution in [0.2, 0.25) is 10.0 Å². The summed E-state index contributed by atoms with van der Waals surface area (Å²) in [5.41, 5.74) is 2.33. The molecule has 3 N–H and O–H groups in total. The van der Waals surface area contributed by atoms with E-state index in [4.69, 9.17) is 33.0 Å². The van der Waals surface area contributed by atoms with Gasteiger partial charge >= 0.3 is 17.8 Å². The molecule has 0 aliphatic carbocycles. The van der Waals surface area contributed by atoms with Crippen molar-refractivity contribution in [2.75, 3.05) is 0 Å². The molecule has 2 aromatic rings. The summed E-state index contributed by atoms with van der Waals surface area (Å²) in [5.74, 6) is -3.72. The monoisotopic (exact) mass is 467 g/mol. The van der Waals surface area contributed by atoms with E-state index in [0.717, 1.165) is 16.7 Å². The summed E-state index contributed by atoms with van der Waals surface area (Å²) in [5, 5.41) is 22.4. The number of aliphatic hydroxyl groups is 1. The van der Waals surface area contributed by atoms with Gasteiger partial charge in [0.05, 0.1) is 6.10 Å². The molecule has 0 fully saturated rings. The fourth-order valence-electron chi connectivity index (χ4n) is 2.94. The molecule has 0 aliphatic heterocycles. The SMILES string of the molecule is CC(C)OC(=O)C(O)C[C@@H](Cc1ccc(-c2cc(Cl)ccc2Cl)cc1)NC(=O)C(=O)O. The number of rotatable bonds is 8. The Labute approximate surface area is 189 Å². The van der Waals surface area contributed by atoms with Crippen molar-refractivity contribution in [2.45, 2.75) is 44.9 Å². The van der Waals surface area contributed by atoms with Crippen molar-refractivity contribution in [3.05, 3.63) is 58.1 Å². The highest BCUT2D eigenvalue weighted by atomic mass is 35.5. The molecule has 0 saturated heterocycles. The van der Waals surface area contributed by atoms with Crippen molar-refractivity contribution in [1.82, 2.24) is 5.32 Å². The first-order valence-electron chi connectivity index (χ1n) is 9.53. The summed E-state index contributed by atoms with van der Waals surface area (Å²) in [4.78, 5) is 34.5. The summed E-state index contributed by atoms with van der Waals surface area (Å²) in [7, 11) is 0. The highest BCUT2D eigenvalue weighted by Gasteiger charge is 2.26. The summed E-state index contributed by atoms with van der Waals surface area (Å²) in [6.45, 7) is 3.28. The molecule has 1 unspecified atom stereocenters. The highest BCUT2D eigenvalue weighted by molar-refractivity contribution is 6.35. The molecule has 2 aromatic carbocycles. The number of aliphatic carboxylic acids is 1. The van der Waals surface area contributed by atoms with Gasteiger partial charge in [-0.15, -0.1) is 0 Å². The van der Waals surface area contributed by atoms with Gasteiger partial charge in [-0.2, -0.15) is 0 Å². The lowest BCUT2D eigenvalue weighted by atomic mass is 9.97. The number of esters is 1. The number of nitrogens with one attached hydrogen (secondary N) is 1. The third-order valence-electron chi connectivity index (χ3n) is 4.34. The molecular formula is C22H23Cl2NO6. The lowest BCUT2D eigenvalue weighted by Crippen LogP contribution is -2.43. The van der Waals surface area contributed by atoms with Crippen LogP contribution >= 0.6 is 23.2 Å². The maximum atomic E-state index is 11.9. The fraction of sp³-hybridized carbons (Fsp3) is 0.318. The lowest BCUT2D eigenvalue weighted by Gasteiger charge is -2.21. The van der Waals surface area contributed by atoms with Crippen molar-refractivity contribution in [1.29, 1.82) is 0 Å². The maximum Gasteiger partial charge on any atom is 0.394 e. The van der Waals surface area contributed by atoms with E-state index < -0.39 is 36.1 Å². The van der Waals surface area contributed by atoms with Gasteiger partial charge in [0.1, 0.15) is 0 Å². The van der Waals surface area contributed by atoms with E-state index >= 15 is 0 Å². The van der Waals surface area contributed by atoms with Crippen molar-refractivity contribution >= 4 is 41.0 Å².